The fourth-order valence-corrected chi connectivity index (χ4v) is 13.3. The molecule has 1 fully saturated rings. The van der Waals surface area contributed by atoms with Crippen LogP contribution in [0, 0.1) is 59.2 Å². The summed E-state index contributed by atoms with van der Waals surface area (Å²) in [6, 6.07) is 31.8. The van der Waals surface area contributed by atoms with Gasteiger partial charge in [-0.15, -0.1) is 10.2 Å². The second-order valence-corrected chi connectivity index (χ2v) is 42.5. The number of nitrogens with zero attached hydrogens (tertiary/aromatic N) is 9. The molecule has 0 amide bonds. The van der Waals surface area contributed by atoms with Gasteiger partial charge in [-0.2, -0.15) is 5.10 Å². The summed E-state index contributed by atoms with van der Waals surface area (Å²) in [4.78, 5) is 21.6. The lowest BCUT2D eigenvalue weighted by Gasteiger charge is -2.15. The SMILES string of the molecule is CC(C)C=CCC(C)C.CC(C)CCCCCCCC(C)C.CC(C)Cc1cc(C(C)C)cc[n+]1O.CC(C)Cc1cc(C(C)C)ccn1.CC(C)Cc1cc(C(C)C)n[nH]1.CC(C)Cc1cc(C(C)C)ncn1.CC(C)Cc1nccc(C(C)C)n1.CC(C)Oc1ccccc1C(C)C.CC(C)c1cccc(C(C)C)c1.CC(C)c1nnc(C2(C(C)C)CC2)o1. The van der Waals surface area contributed by atoms with Gasteiger partial charge in [-0.25, -0.2) is 19.9 Å². The zero-order chi connectivity index (χ0) is 96.1. The molecule has 0 spiro atoms. The van der Waals surface area contributed by atoms with E-state index < -0.39 is 0 Å². The predicted molar refractivity (Wildman–Crippen MR) is 544 cm³/mol. The largest absolute Gasteiger partial charge is 0.491 e. The molecule has 0 unspecified atom stereocenters. The van der Waals surface area contributed by atoms with Gasteiger partial charge in [0.1, 0.15) is 17.9 Å². The van der Waals surface area contributed by atoms with Crippen molar-refractivity contribution < 1.29 is 19.1 Å². The van der Waals surface area contributed by atoms with Crippen molar-refractivity contribution in [3.63, 3.8) is 0 Å². The molecule has 13 nitrogen and oxygen atoms in total. The van der Waals surface area contributed by atoms with E-state index in [2.05, 4.69) is 401 Å². The number of benzene rings is 2. The van der Waals surface area contributed by atoms with E-state index in [1.807, 2.05) is 36.7 Å². The van der Waals surface area contributed by atoms with Crippen LogP contribution in [0.4, 0.5) is 0 Å². The van der Waals surface area contributed by atoms with Crippen LogP contribution in [0.3, 0.4) is 0 Å². The molecular formula is C113H193N10O3+. The highest BCUT2D eigenvalue weighted by Crippen LogP contribution is 2.53. The first-order valence-corrected chi connectivity index (χ1v) is 49.6. The molecule has 6 aromatic heterocycles. The van der Waals surface area contributed by atoms with Crippen LogP contribution in [0.15, 0.2) is 132 Å². The number of hydrogen-bond donors (Lipinski definition) is 2. The monoisotopic (exact) mass is 1740 g/mol. The second-order valence-electron chi connectivity index (χ2n) is 42.5. The summed E-state index contributed by atoms with van der Waals surface area (Å²) in [7, 11) is 0. The molecule has 2 N–H and O–H groups in total. The maximum absolute atomic E-state index is 9.58. The van der Waals surface area contributed by atoms with E-state index in [1.165, 1.54) is 114 Å². The molecule has 1 aliphatic carbocycles. The minimum atomic E-state index is 0.208. The summed E-state index contributed by atoms with van der Waals surface area (Å²) in [6.45, 7) is 87.9. The summed E-state index contributed by atoms with van der Waals surface area (Å²) in [5.74, 6) is 15.6. The number of rotatable bonds is 34. The van der Waals surface area contributed by atoms with E-state index in [-0.39, 0.29) is 11.5 Å². The van der Waals surface area contributed by atoms with Crippen LogP contribution >= 0.6 is 0 Å². The summed E-state index contributed by atoms with van der Waals surface area (Å²) in [6.07, 6.45) is 30.8. The molecule has 712 valence electrons. The quantitative estimate of drug-likeness (QED) is 0.0171. The average molecular weight is 1740 g/mol. The van der Waals surface area contributed by atoms with Crippen LogP contribution in [0.25, 0.3) is 0 Å². The van der Waals surface area contributed by atoms with Gasteiger partial charge in [-0.05, 0) is 223 Å². The maximum atomic E-state index is 9.58. The van der Waals surface area contributed by atoms with Crippen molar-refractivity contribution >= 4 is 0 Å². The molecule has 1 saturated carbocycles. The topological polar surface area (TPSA) is 165 Å². The van der Waals surface area contributed by atoms with Crippen molar-refractivity contribution in [2.75, 3.05) is 0 Å². The number of aromatic nitrogens is 10. The Morgan fingerprint density at radius 1 is 0.421 bits per heavy atom. The molecule has 126 heavy (non-hydrogen) atoms. The van der Waals surface area contributed by atoms with E-state index in [4.69, 9.17) is 9.15 Å². The zero-order valence-corrected chi connectivity index (χ0v) is 88.6. The molecule has 0 saturated heterocycles. The first kappa shape index (κ1) is 119. The third kappa shape index (κ3) is 55.5. The molecule has 2 aromatic carbocycles. The Hall–Kier alpha value is -7.41. The van der Waals surface area contributed by atoms with Crippen LogP contribution in [-0.4, -0.2) is 56.6 Å². The third-order valence-corrected chi connectivity index (χ3v) is 21.3. The Morgan fingerprint density at radius 2 is 0.913 bits per heavy atom. The number of nitrogens with one attached hydrogen (secondary N) is 1. The lowest BCUT2D eigenvalue weighted by Crippen LogP contribution is -2.35. The fourth-order valence-electron chi connectivity index (χ4n) is 13.3. The molecule has 0 bridgehead atoms. The number of pyridine rings is 2. The highest BCUT2D eigenvalue weighted by molar-refractivity contribution is 5.36. The first-order valence-electron chi connectivity index (χ1n) is 49.6. The number of unbranched alkanes of at least 4 members (excludes halogenated alkanes) is 4. The molecule has 1 aliphatic rings. The number of allylic oxidation sites excluding steroid dienone is 2. The number of hydrogen-bond acceptors (Lipinski definition) is 11. The number of para-hydroxylation sites is 1. The van der Waals surface area contributed by atoms with Crippen molar-refractivity contribution in [3.8, 4) is 5.75 Å². The van der Waals surface area contributed by atoms with Crippen molar-refractivity contribution in [2.45, 2.75) is 438 Å². The summed E-state index contributed by atoms with van der Waals surface area (Å²) >= 11 is 0. The van der Waals surface area contributed by atoms with E-state index >= 15 is 0 Å². The number of ether oxygens (including phenoxy) is 1. The molecule has 9 rings (SSSR count). The third-order valence-electron chi connectivity index (χ3n) is 21.3. The second kappa shape index (κ2) is 65.2. The molecule has 13 heteroatoms. The van der Waals surface area contributed by atoms with Gasteiger partial charge in [-0.1, -0.05) is 363 Å². The van der Waals surface area contributed by atoms with E-state index in [9.17, 15) is 5.21 Å². The fraction of sp³-hybridized carbons (Fsp3) is 0.673. The maximum Gasteiger partial charge on any atom is 0.234 e. The van der Waals surface area contributed by atoms with E-state index in [0.717, 1.165) is 96.0 Å². The van der Waals surface area contributed by atoms with Crippen molar-refractivity contribution in [1.82, 2.24) is 45.3 Å². The van der Waals surface area contributed by atoms with E-state index in [0.29, 0.717) is 94.7 Å². The Bertz CT molecular complexity index is 3870. The van der Waals surface area contributed by atoms with Crippen LogP contribution in [0.1, 0.15) is 480 Å². The minimum absolute atomic E-state index is 0.208. The van der Waals surface area contributed by atoms with Gasteiger partial charge in [0.05, 0.1) is 17.2 Å². The highest BCUT2D eigenvalue weighted by atomic mass is 16.5. The number of H-pyrrole nitrogens is 1. The number of aromatic amines is 1. The average Bonchev–Trinajstić information content (AvgIpc) is 1.60. The van der Waals surface area contributed by atoms with Crippen molar-refractivity contribution in [1.29, 1.82) is 0 Å². The Kier molecular flexibility index (Phi) is 61.4. The standard InChI is InChI=1S/C13H28.C12H20NO.C12H19N.C12H18O.C12H18.C11H18N2O.2C11H18N2.C10H18N2.C9H18/c1-12(2)10-8-6-5-7-9-11-13(3)4;1-9(2)7-12-8-11(10(3)4)5-6-13(12)14;1-9(2)7-12-8-11(10(3)4)5-6-13-12;1-9(2)11-7-5-6-8-12(11)13-10(3)4;1-9(2)11-6-5-7-12(8-11)10(3)4;1-7(2)9-12-13-10(14-9)11(5-6-11)8(3)4;1-8(2)5-10-6-11(9(3)4)13-7-12-10;1-8(2)7-11-12-6-5-10(13-11)9(3)4;1-7(2)5-9-6-10(8(3)4)12-11-9;1-8(2)6-5-7-9(3)4/h12-13H,5-11H2,1-4H3;5-6,8-10,14H,7H2,1-4H3;5-6,8-10H,7H2,1-4H3;5-10H,1-4H3;5-10H,1-4H3;7-8H,5-6H2,1-4H3;6-9H,5H2,1-4H3;5-6,8-9H,7H2,1-4H3;6-8H,5H2,1-4H3,(H,11,12);5-6,8-9H,7H2,1-4H3/q;+1;;;;;;;;. The Morgan fingerprint density at radius 3 is 1.35 bits per heavy atom. The summed E-state index contributed by atoms with van der Waals surface area (Å²) in [5, 5.41) is 25.2. The van der Waals surface area contributed by atoms with E-state index in [1.54, 1.807) is 12.5 Å². The van der Waals surface area contributed by atoms with Gasteiger partial charge in [0.2, 0.25) is 23.7 Å². The first-order chi connectivity index (χ1) is 58.9. The van der Waals surface area contributed by atoms with Crippen LogP contribution in [0.5, 0.6) is 5.75 Å². The summed E-state index contributed by atoms with van der Waals surface area (Å²) in [5.41, 5.74) is 15.2. The Labute approximate surface area is 776 Å². The molecule has 0 radical (unpaired) electrons. The van der Waals surface area contributed by atoms with Crippen LogP contribution in [0.2, 0.25) is 0 Å². The van der Waals surface area contributed by atoms with Crippen molar-refractivity contribution in [3.05, 3.63) is 213 Å². The van der Waals surface area contributed by atoms with Crippen LogP contribution < -0.4 is 9.47 Å². The van der Waals surface area contributed by atoms with Gasteiger partial charge in [0.15, 0.2) is 0 Å². The molecule has 0 atom stereocenters. The van der Waals surface area contributed by atoms with Gasteiger partial charge in [0.25, 0.3) is 0 Å². The molecule has 0 aliphatic heterocycles. The lowest BCUT2D eigenvalue weighted by molar-refractivity contribution is -0.909. The molecule has 6 heterocycles. The minimum Gasteiger partial charge on any atom is -0.491 e. The molecule has 8 aromatic rings. The van der Waals surface area contributed by atoms with Gasteiger partial charge in [-0.3, -0.25) is 15.3 Å². The Balaban J connectivity index is 0.00000138. The normalized spacial score (nSPS) is 12.2. The smallest absolute Gasteiger partial charge is 0.234 e. The summed E-state index contributed by atoms with van der Waals surface area (Å²) < 4.78 is 12.6. The highest BCUT2D eigenvalue weighted by Gasteiger charge is 2.51. The molecular weight excluding hydrogens is 1550 g/mol. The predicted octanol–water partition coefficient (Wildman–Crippen LogP) is 33.0. The van der Waals surface area contributed by atoms with Gasteiger partial charge in [0, 0.05) is 76.5 Å². The van der Waals surface area contributed by atoms with Crippen molar-refractivity contribution in [2.24, 2.45) is 59.2 Å². The van der Waals surface area contributed by atoms with Gasteiger partial charge < -0.3 is 9.15 Å². The van der Waals surface area contributed by atoms with Gasteiger partial charge >= 0.3 is 0 Å². The van der Waals surface area contributed by atoms with Crippen LogP contribution in [-0.2, 0) is 37.5 Å². The lowest BCUT2D eigenvalue weighted by atomic mass is 9.92. The zero-order valence-electron chi connectivity index (χ0n) is 88.6.